The minimum Gasteiger partial charge on any atom is -1.00 e. The van der Waals surface area contributed by atoms with Crippen LogP contribution in [0.5, 0.6) is 0 Å². The van der Waals surface area contributed by atoms with Crippen molar-refractivity contribution in [2.45, 2.75) is 73.6 Å². The molecule has 0 bridgehead atoms. The molecule has 0 amide bonds. The van der Waals surface area contributed by atoms with E-state index in [0.717, 1.165) is 0 Å². The topological polar surface area (TPSA) is 232 Å². The van der Waals surface area contributed by atoms with E-state index in [9.17, 15) is 30.6 Å². The molecule has 2 saturated carbocycles. The lowest BCUT2D eigenvalue weighted by molar-refractivity contribution is -0.506. The Hall–Kier alpha value is 0.760. The summed E-state index contributed by atoms with van der Waals surface area (Å²) in [6.45, 7) is 0. The Bertz CT molecular complexity index is 308. The fraction of sp³-hybridized carbons (Fsp3) is 1.00. The summed E-state index contributed by atoms with van der Waals surface area (Å²) in [5.74, 6) is 0. The number of aliphatic hydroxyl groups is 6. The van der Waals surface area contributed by atoms with Gasteiger partial charge in [-0.1, -0.05) is 0 Å². The van der Waals surface area contributed by atoms with Gasteiger partial charge >= 0.3 is 0 Å². The van der Waals surface area contributed by atoms with E-state index >= 15 is 0 Å². The summed E-state index contributed by atoms with van der Waals surface area (Å²) in [4.78, 5) is 0. The van der Waals surface area contributed by atoms with Crippen molar-refractivity contribution in [3.63, 3.8) is 0 Å². The Balaban J connectivity index is -0.000000161. The van der Waals surface area contributed by atoms with Gasteiger partial charge in [0.05, 0.1) is 12.8 Å². The maximum atomic E-state index is 9.23. The lowest BCUT2D eigenvalue weighted by atomic mass is 9.85. The molecule has 164 valence electrons. The molecule has 0 heterocycles. The molecule has 2 aliphatic rings. The maximum absolute atomic E-state index is 9.23. The minimum atomic E-state index is -1.09. The Kier molecular flexibility index (Phi) is 19.4. The highest BCUT2D eigenvalue weighted by molar-refractivity contribution is 4.91. The van der Waals surface area contributed by atoms with Crippen molar-refractivity contribution in [2.24, 2.45) is 0 Å². The third-order valence-corrected chi connectivity index (χ3v) is 4.54. The Labute approximate surface area is 176 Å². The molecule has 10 nitrogen and oxygen atoms in total. The standard InChI is InChI=1S/2C6H14N2O3.4ClH/c2*7-2-1-3(8)5(10)6(11)4(2)9;;;;/h2*2-6,9-11H,1,7-8H2;4*1H/t2*2-,3+,4-,5+,6?;;;;. The molecule has 10 atom stereocenters. The fourth-order valence-corrected chi connectivity index (χ4v) is 2.85. The predicted octanol–water partition coefficient (Wildman–Crippen LogP) is -20.6. The molecular formula is C12H32Cl4N4O6. The molecule has 0 spiro atoms. The molecule has 18 N–H and O–H groups in total. The normalized spacial score (nSPS) is 44.5. The average molecular weight is 470 g/mol. The predicted molar refractivity (Wildman–Crippen MR) is 72.0 cm³/mol. The number of rotatable bonds is 0. The van der Waals surface area contributed by atoms with Crippen molar-refractivity contribution in [2.75, 3.05) is 0 Å². The third-order valence-electron chi connectivity index (χ3n) is 4.54. The molecule has 2 aliphatic carbocycles. The van der Waals surface area contributed by atoms with Crippen LogP contribution in [0.1, 0.15) is 12.8 Å². The van der Waals surface area contributed by atoms with Crippen molar-refractivity contribution >= 4 is 0 Å². The van der Waals surface area contributed by atoms with Crippen molar-refractivity contribution in [3.8, 4) is 0 Å². The van der Waals surface area contributed by atoms with Crippen LogP contribution >= 0.6 is 0 Å². The summed E-state index contributed by atoms with van der Waals surface area (Å²) < 4.78 is 0. The van der Waals surface area contributed by atoms with Gasteiger partial charge in [-0.05, 0) is 0 Å². The quantitative estimate of drug-likeness (QED) is 0.165. The van der Waals surface area contributed by atoms with Gasteiger partial charge in [-0.2, -0.15) is 0 Å². The molecule has 0 aliphatic heterocycles. The van der Waals surface area contributed by atoms with Crippen LogP contribution < -0.4 is 72.6 Å². The molecule has 0 aromatic heterocycles. The first-order valence-corrected chi connectivity index (χ1v) is 7.48. The first-order chi connectivity index (χ1) is 10.1. The lowest BCUT2D eigenvalue weighted by Gasteiger charge is -2.33. The van der Waals surface area contributed by atoms with E-state index in [1.54, 1.807) is 0 Å². The largest absolute Gasteiger partial charge is 1.00 e. The molecule has 0 saturated heterocycles. The Morgan fingerprint density at radius 3 is 0.692 bits per heavy atom. The van der Waals surface area contributed by atoms with E-state index in [1.807, 2.05) is 0 Å². The molecule has 14 heteroatoms. The summed E-state index contributed by atoms with van der Waals surface area (Å²) in [7, 11) is 0. The van der Waals surface area contributed by atoms with Gasteiger partial charge in [-0.3, -0.25) is 0 Å². The Morgan fingerprint density at radius 2 is 0.538 bits per heavy atom. The van der Waals surface area contributed by atoms with Crippen LogP contribution in [0, 0.1) is 0 Å². The number of aliphatic hydroxyl groups excluding tert-OH is 6. The highest BCUT2D eigenvalue weighted by Gasteiger charge is 2.44. The summed E-state index contributed by atoms with van der Waals surface area (Å²) in [5.41, 5.74) is 14.6. The zero-order valence-corrected chi connectivity index (χ0v) is 17.2. The van der Waals surface area contributed by atoms with Gasteiger partial charge < -0.3 is 103 Å². The highest BCUT2D eigenvalue weighted by Crippen LogP contribution is 2.16. The van der Waals surface area contributed by atoms with E-state index in [1.165, 1.54) is 0 Å². The minimum absolute atomic E-state index is 0. The Morgan fingerprint density at radius 1 is 0.385 bits per heavy atom. The summed E-state index contributed by atoms with van der Waals surface area (Å²) in [6, 6.07) is -0.904. The van der Waals surface area contributed by atoms with E-state index in [-0.39, 0.29) is 73.8 Å². The van der Waals surface area contributed by atoms with Gasteiger partial charge in [0.2, 0.25) is 0 Å². The van der Waals surface area contributed by atoms with E-state index < -0.39 is 36.6 Å². The second-order valence-electron chi connectivity index (χ2n) is 6.46. The van der Waals surface area contributed by atoms with Crippen molar-refractivity contribution in [1.29, 1.82) is 0 Å². The van der Waals surface area contributed by atoms with Gasteiger partial charge in [-0.15, -0.1) is 0 Å². The fourth-order valence-electron chi connectivity index (χ4n) is 2.85. The molecular weight excluding hydrogens is 438 g/mol. The maximum Gasteiger partial charge on any atom is 0.134 e. The monoisotopic (exact) mass is 468 g/mol. The van der Waals surface area contributed by atoms with Crippen LogP contribution in [0.25, 0.3) is 0 Å². The van der Waals surface area contributed by atoms with Gasteiger partial charge in [0.1, 0.15) is 60.8 Å². The third kappa shape index (κ3) is 8.41. The van der Waals surface area contributed by atoms with Crippen molar-refractivity contribution < 1.29 is 103 Å². The average Bonchev–Trinajstić information content (AvgIpc) is 2.47. The van der Waals surface area contributed by atoms with Crippen LogP contribution in [0.3, 0.4) is 0 Å². The van der Waals surface area contributed by atoms with Crippen LogP contribution in [0.2, 0.25) is 0 Å². The van der Waals surface area contributed by atoms with Gasteiger partial charge in [-0.25, -0.2) is 0 Å². The number of quaternary nitrogens is 4. The zero-order valence-electron chi connectivity index (χ0n) is 14.2. The van der Waals surface area contributed by atoms with Crippen molar-refractivity contribution in [3.05, 3.63) is 0 Å². The van der Waals surface area contributed by atoms with Crippen LogP contribution in [0.15, 0.2) is 0 Å². The van der Waals surface area contributed by atoms with Crippen LogP contribution in [-0.4, -0.2) is 91.4 Å². The molecule has 0 aromatic carbocycles. The zero-order chi connectivity index (χ0) is 17.2. The molecule has 26 heavy (non-hydrogen) atoms. The number of halogens is 4. The molecule has 0 aromatic rings. The number of hydrogen-bond donors (Lipinski definition) is 10. The van der Waals surface area contributed by atoms with Gasteiger partial charge in [0.15, 0.2) is 0 Å². The lowest BCUT2D eigenvalue weighted by Crippen LogP contribution is -3.00. The number of hydrogen-bond acceptors (Lipinski definition) is 6. The SMILES string of the molecule is [Cl-].[Cl-].[Cl-].[Cl-].[NH3+][C@@H]1C[C@H]([NH3+])[C@H](O)C(O)[C@@H]1O.[NH3+][C@@H]1C[C@H]([NH3+])[C@H](O)C(O)[C@@H]1O. The first-order valence-electron chi connectivity index (χ1n) is 7.48. The van der Waals surface area contributed by atoms with Crippen molar-refractivity contribution in [1.82, 2.24) is 0 Å². The summed E-state index contributed by atoms with van der Waals surface area (Å²) in [5, 5.41) is 55.4. The second-order valence-corrected chi connectivity index (χ2v) is 6.46. The second kappa shape index (κ2) is 14.7. The van der Waals surface area contributed by atoms with Crippen LogP contribution in [-0.2, 0) is 0 Å². The molecule has 2 rings (SSSR count). The highest BCUT2D eigenvalue weighted by atomic mass is 35.5. The van der Waals surface area contributed by atoms with Crippen LogP contribution in [0.4, 0.5) is 0 Å². The molecule has 2 fully saturated rings. The van der Waals surface area contributed by atoms with E-state index in [0.29, 0.717) is 12.8 Å². The van der Waals surface area contributed by atoms with E-state index in [4.69, 9.17) is 0 Å². The van der Waals surface area contributed by atoms with E-state index in [2.05, 4.69) is 22.9 Å². The molecule has 0 radical (unpaired) electrons. The van der Waals surface area contributed by atoms with Gasteiger partial charge in [0.25, 0.3) is 0 Å². The smallest absolute Gasteiger partial charge is 0.134 e. The van der Waals surface area contributed by atoms with Gasteiger partial charge in [0, 0.05) is 0 Å². The molecule has 2 unspecified atom stereocenters. The summed E-state index contributed by atoms with van der Waals surface area (Å²) in [6.07, 6.45) is -4.72. The first kappa shape index (κ1) is 34.3. The summed E-state index contributed by atoms with van der Waals surface area (Å²) >= 11 is 0.